The third-order valence-corrected chi connectivity index (χ3v) is 2.65. The monoisotopic (exact) mass is 406 g/mol. The van der Waals surface area contributed by atoms with Gasteiger partial charge in [-0.05, 0) is 19.1 Å². The molecule has 0 unspecified atom stereocenters. The summed E-state index contributed by atoms with van der Waals surface area (Å²) in [6.45, 7) is 8.54. The van der Waals surface area contributed by atoms with Crippen molar-refractivity contribution in [2.75, 3.05) is 0 Å². The standard InChI is InChI=1S/C8H4F3NO.C8H10N2O.ClH.H3NO/c1-12-6-2-4-7(5-3-6)13-8(9,10)11;1-6-2-4-7(5-3-6)8(9)10-11;;1-2/h2-5H;2-5,11H,1H3,(H2,9,10);1H;2H,1H2. The summed E-state index contributed by atoms with van der Waals surface area (Å²) in [6.07, 6.45) is -4.68. The maximum absolute atomic E-state index is 11.6. The highest BCUT2D eigenvalue weighted by Crippen LogP contribution is 2.24. The van der Waals surface area contributed by atoms with Crippen molar-refractivity contribution in [1.82, 2.24) is 0 Å². The summed E-state index contributed by atoms with van der Waals surface area (Å²) in [5.41, 5.74) is 7.50. The molecular formula is C16H18ClF3N4O3. The zero-order valence-electron chi connectivity index (χ0n) is 14.0. The van der Waals surface area contributed by atoms with E-state index < -0.39 is 6.36 Å². The lowest BCUT2D eigenvalue weighted by Gasteiger charge is -2.07. The summed E-state index contributed by atoms with van der Waals surface area (Å²) in [7, 11) is 0. The van der Waals surface area contributed by atoms with Crippen LogP contribution >= 0.6 is 12.4 Å². The van der Waals surface area contributed by atoms with Crippen LogP contribution in [0.3, 0.4) is 0 Å². The molecular weight excluding hydrogens is 389 g/mol. The van der Waals surface area contributed by atoms with Gasteiger partial charge in [0.15, 0.2) is 11.5 Å². The van der Waals surface area contributed by atoms with Gasteiger partial charge in [0.1, 0.15) is 5.75 Å². The van der Waals surface area contributed by atoms with Gasteiger partial charge in [-0.2, -0.15) is 0 Å². The molecule has 0 radical (unpaired) electrons. The molecule has 0 aromatic heterocycles. The average molecular weight is 407 g/mol. The molecule has 2 aromatic carbocycles. The van der Waals surface area contributed by atoms with E-state index in [9.17, 15) is 13.2 Å². The van der Waals surface area contributed by atoms with E-state index in [1.807, 2.05) is 31.2 Å². The number of nitrogens with two attached hydrogens (primary N) is 2. The SMILES string of the molecule is Cc1ccc(C(N)=NO)cc1.Cl.NO.[C-]#[N+]c1ccc(OC(F)(F)F)cc1. The quantitative estimate of drug-likeness (QED) is 0.198. The lowest BCUT2D eigenvalue weighted by Crippen LogP contribution is -2.16. The van der Waals surface area contributed by atoms with Gasteiger partial charge in [0, 0.05) is 5.56 Å². The molecule has 0 saturated carbocycles. The maximum atomic E-state index is 11.6. The van der Waals surface area contributed by atoms with Gasteiger partial charge in [-0.15, -0.1) is 25.6 Å². The van der Waals surface area contributed by atoms with Crippen molar-refractivity contribution in [3.63, 3.8) is 0 Å². The number of hydrogen-bond acceptors (Lipinski definition) is 5. The van der Waals surface area contributed by atoms with Gasteiger partial charge in [-0.1, -0.05) is 47.1 Å². The number of aryl methyl sites for hydroxylation is 1. The van der Waals surface area contributed by atoms with Crippen LogP contribution in [0.25, 0.3) is 4.85 Å². The predicted molar refractivity (Wildman–Crippen MR) is 96.3 cm³/mol. The van der Waals surface area contributed by atoms with Gasteiger partial charge >= 0.3 is 6.36 Å². The number of oxime groups is 1. The first-order chi connectivity index (χ1) is 12.2. The molecule has 2 aromatic rings. The molecule has 6 N–H and O–H groups in total. The molecule has 0 spiro atoms. The minimum atomic E-state index is -4.68. The minimum absolute atomic E-state index is 0. The molecule has 0 bridgehead atoms. The number of hydrogen-bond donors (Lipinski definition) is 4. The Morgan fingerprint density at radius 3 is 1.93 bits per heavy atom. The number of alkyl halides is 3. The molecule has 0 saturated heterocycles. The fourth-order valence-corrected chi connectivity index (χ4v) is 1.50. The molecule has 7 nitrogen and oxygen atoms in total. The van der Waals surface area contributed by atoms with Crippen LogP contribution in [0.2, 0.25) is 0 Å². The summed E-state index contributed by atoms with van der Waals surface area (Å²) in [5, 5.41) is 17.7. The van der Waals surface area contributed by atoms with Gasteiger partial charge in [-0.25, -0.2) is 10.7 Å². The number of rotatable bonds is 2. The van der Waals surface area contributed by atoms with Crippen molar-refractivity contribution in [1.29, 1.82) is 0 Å². The lowest BCUT2D eigenvalue weighted by atomic mass is 10.1. The molecule has 0 aliphatic heterocycles. The van der Waals surface area contributed by atoms with Crippen LogP contribution in [0.5, 0.6) is 5.75 Å². The van der Waals surface area contributed by atoms with E-state index in [4.69, 9.17) is 22.7 Å². The van der Waals surface area contributed by atoms with Crippen molar-refractivity contribution in [3.8, 4) is 5.75 Å². The Kier molecular flexibility index (Phi) is 12.9. The van der Waals surface area contributed by atoms with E-state index in [0.717, 1.165) is 23.3 Å². The molecule has 0 amide bonds. The van der Waals surface area contributed by atoms with Crippen molar-refractivity contribution >= 4 is 23.9 Å². The normalized spacial score (nSPS) is 10.0. The van der Waals surface area contributed by atoms with E-state index in [1.54, 1.807) is 0 Å². The number of nitrogens with zero attached hydrogens (tertiary/aromatic N) is 2. The van der Waals surface area contributed by atoms with Crippen LogP contribution in [0.1, 0.15) is 11.1 Å². The molecule has 0 fully saturated rings. The highest BCUT2D eigenvalue weighted by Gasteiger charge is 2.30. The Hall–Kier alpha value is -3.00. The maximum Gasteiger partial charge on any atom is 0.573 e. The van der Waals surface area contributed by atoms with Crippen molar-refractivity contribution < 1.29 is 28.3 Å². The largest absolute Gasteiger partial charge is 0.573 e. The van der Waals surface area contributed by atoms with E-state index in [1.165, 1.54) is 12.1 Å². The minimum Gasteiger partial charge on any atom is -0.409 e. The molecule has 0 heterocycles. The van der Waals surface area contributed by atoms with Crippen LogP contribution in [0, 0.1) is 13.5 Å². The van der Waals surface area contributed by atoms with Crippen LogP contribution in [-0.4, -0.2) is 22.6 Å². The highest BCUT2D eigenvalue weighted by atomic mass is 35.5. The van der Waals surface area contributed by atoms with Gasteiger partial charge in [-0.3, -0.25) is 0 Å². The fourth-order valence-electron chi connectivity index (χ4n) is 1.50. The Morgan fingerprint density at radius 2 is 1.56 bits per heavy atom. The van der Waals surface area contributed by atoms with Crippen LogP contribution in [-0.2, 0) is 0 Å². The summed E-state index contributed by atoms with van der Waals surface area (Å²) in [6, 6.07) is 12.2. The lowest BCUT2D eigenvalue weighted by molar-refractivity contribution is -0.274. The molecule has 0 aliphatic carbocycles. The van der Waals surface area contributed by atoms with Crippen LogP contribution < -0.4 is 16.4 Å². The topological polar surface area (TPSA) is 118 Å². The van der Waals surface area contributed by atoms with E-state index >= 15 is 0 Å². The Balaban J connectivity index is 0. The Morgan fingerprint density at radius 1 is 1.07 bits per heavy atom. The van der Waals surface area contributed by atoms with Crippen molar-refractivity contribution in [2.45, 2.75) is 13.3 Å². The molecule has 148 valence electrons. The van der Waals surface area contributed by atoms with Crippen LogP contribution in [0.15, 0.2) is 53.7 Å². The molecule has 11 heteroatoms. The zero-order valence-corrected chi connectivity index (χ0v) is 14.8. The van der Waals surface area contributed by atoms with Gasteiger partial charge in [0.2, 0.25) is 0 Å². The zero-order chi connectivity index (χ0) is 20.2. The first-order valence-electron chi connectivity index (χ1n) is 6.79. The van der Waals surface area contributed by atoms with Gasteiger partial charge < -0.3 is 20.9 Å². The number of amidine groups is 1. The predicted octanol–water partition coefficient (Wildman–Crippen LogP) is 3.98. The summed E-state index contributed by atoms with van der Waals surface area (Å²) in [5.74, 6) is 3.32. The first kappa shape index (κ1) is 26.2. The van der Waals surface area contributed by atoms with Crippen molar-refractivity contribution in [3.05, 3.63) is 71.1 Å². The third-order valence-electron chi connectivity index (χ3n) is 2.65. The average Bonchev–Trinajstić information content (AvgIpc) is 2.63. The van der Waals surface area contributed by atoms with Gasteiger partial charge in [0.25, 0.3) is 0 Å². The number of benzene rings is 2. The molecule has 27 heavy (non-hydrogen) atoms. The van der Waals surface area contributed by atoms with E-state index in [0.29, 0.717) is 0 Å². The fraction of sp³-hybridized carbons (Fsp3) is 0.125. The molecule has 2 rings (SSSR count). The Bertz CT molecular complexity index is 731. The van der Waals surface area contributed by atoms with Crippen molar-refractivity contribution in [2.24, 2.45) is 16.8 Å². The molecule has 0 aliphatic rings. The van der Waals surface area contributed by atoms with Crippen LogP contribution in [0.4, 0.5) is 18.9 Å². The Labute approximate surface area is 159 Å². The second kappa shape index (κ2) is 13.2. The second-order valence-corrected chi connectivity index (χ2v) is 4.50. The third kappa shape index (κ3) is 11.3. The summed E-state index contributed by atoms with van der Waals surface area (Å²) < 4.78 is 38.5. The smallest absolute Gasteiger partial charge is 0.409 e. The summed E-state index contributed by atoms with van der Waals surface area (Å²) >= 11 is 0. The van der Waals surface area contributed by atoms with Gasteiger partial charge in [0.05, 0.1) is 6.57 Å². The first-order valence-corrected chi connectivity index (χ1v) is 6.79. The van der Waals surface area contributed by atoms with E-state index in [2.05, 4.69) is 20.6 Å². The highest BCUT2D eigenvalue weighted by molar-refractivity contribution is 5.96. The number of ether oxygens (including phenoxy) is 1. The molecule has 0 atom stereocenters. The number of halogens is 4. The van der Waals surface area contributed by atoms with E-state index in [-0.39, 0.29) is 29.7 Å². The summed E-state index contributed by atoms with van der Waals surface area (Å²) in [4.78, 5) is 3.02. The second-order valence-electron chi connectivity index (χ2n) is 4.50.